The molecule has 1 aliphatic carbocycles. The average Bonchev–Trinajstić information content (AvgIpc) is 3.13. The zero-order valence-electron chi connectivity index (χ0n) is 15.8. The molecule has 1 aromatic rings. The lowest BCUT2D eigenvalue weighted by Gasteiger charge is -2.34. The van der Waals surface area contributed by atoms with Crippen LogP contribution in [0.4, 0.5) is 13.2 Å². The van der Waals surface area contributed by atoms with Crippen molar-refractivity contribution < 1.29 is 27.4 Å². The first-order valence-corrected chi connectivity index (χ1v) is 9.01. The summed E-state index contributed by atoms with van der Waals surface area (Å²) in [7, 11) is 3.03. The Hall–Kier alpha value is -1.74. The number of aromatic nitrogens is 1. The monoisotopic (exact) mass is 423 g/mol. The van der Waals surface area contributed by atoms with E-state index in [0.29, 0.717) is 5.56 Å². The molecule has 1 aromatic heterocycles. The second-order valence-corrected chi connectivity index (χ2v) is 7.23. The molecule has 0 radical (unpaired) electrons. The molecule has 1 amide bonds. The molecule has 0 spiro atoms. The second-order valence-electron chi connectivity index (χ2n) is 7.23. The maximum Gasteiger partial charge on any atom is 0.253 e. The normalized spacial score (nSPS) is 20.8. The van der Waals surface area contributed by atoms with Crippen molar-refractivity contribution in [1.29, 1.82) is 0 Å². The van der Waals surface area contributed by atoms with Gasteiger partial charge < -0.3 is 19.7 Å². The van der Waals surface area contributed by atoms with Gasteiger partial charge in [0.2, 0.25) is 17.7 Å². The molecule has 1 N–H and O–H groups in total. The highest BCUT2D eigenvalue weighted by Crippen LogP contribution is 2.42. The summed E-state index contributed by atoms with van der Waals surface area (Å²) in [6.07, 6.45) is 1.21. The van der Waals surface area contributed by atoms with Gasteiger partial charge in [-0.25, -0.2) is 13.2 Å². The Bertz CT molecular complexity index is 694. The van der Waals surface area contributed by atoms with Crippen LogP contribution in [0, 0.1) is 11.7 Å². The topological polar surface area (TPSA) is 63.7 Å². The summed E-state index contributed by atoms with van der Waals surface area (Å²) in [5, 5.41) is 3.13. The largest absolute Gasteiger partial charge is 0.481 e. The number of rotatable bonds is 7. The number of pyridine rings is 1. The molecule has 1 saturated heterocycles. The van der Waals surface area contributed by atoms with Gasteiger partial charge in [-0.15, -0.1) is 12.4 Å². The van der Waals surface area contributed by atoms with Crippen LogP contribution in [0.25, 0.3) is 0 Å². The average molecular weight is 424 g/mol. The van der Waals surface area contributed by atoms with Crippen molar-refractivity contribution in [2.24, 2.45) is 5.92 Å². The number of methoxy groups -OCH3 is 1. The molecule has 6 nitrogen and oxygen atoms in total. The molecule has 1 atom stereocenters. The van der Waals surface area contributed by atoms with Crippen LogP contribution in [-0.4, -0.2) is 55.1 Å². The van der Waals surface area contributed by atoms with Crippen molar-refractivity contribution in [1.82, 2.24) is 15.2 Å². The van der Waals surface area contributed by atoms with Gasteiger partial charge in [0.25, 0.3) is 5.88 Å². The summed E-state index contributed by atoms with van der Waals surface area (Å²) in [5.74, 6) is -3.87. The van der Waals surface area contributed by atoms with Gasteiger partial charge in [0, 0.05) is 31.4 Å². The van der Waals surface area contributed by atoms with Crippen LogP contribution in [0.1, 0.15) is 31.2 Å². The Kier molecular flexibility index (Phi) is 7.39. The third kappa shape index (κ3) is 5.20. The predicted octanol–water partition coefficient (Wildman–Crippen LogP) is 2.79. The number of amides is 1. The second kappa shape index (κ2) is 9.17. The van der Waals surface area contributed by atoms with E-state index in [2.05, 4.69) is 10.3 Å². The van der Waals surface area contributed by atoms with Gasteiger partial charge in [0.1, 0.15) is 0 Å². The standard InChI is InChI=1S/C18H24F3N3O3.ClH/c1-24(17(25)14-4-3-5-22-14)9-12-6-13(19)16(23-15(12)26-2)27-10-11-7-18(20,21)8-11;/h6,11,14,22H,3-5,7-10H2,1-2H3;1H/t14-;/m0./s1. The summed E-state index contributed by atoms with van der Waals surface area (Å²) in [6, 6.07) is 0.990. The highest BCUT2D eigenvalue weighted by molar-refractivity contribution is 5.85. The molecule has 2 aliphatic rings. The number of likely N-dealkylation sites (N-methyl/N-ethyl adjacent to an activating group) is 1. The third-order valence-electron chi connectivity index (χ3n) is 4.95. The van der Waals surface area contributed by atoms with Gasteiger partial charge in [-0.3, -0.25) is 4.79 Å². The molecule has 0 bridgehead atoms. The molecule has 0 aromatic carbocycles. The van der Waals surface area contributed by atoms with E-state index in [1.165, 1.54) is 18.1 Å². The van der Waals surface area contributed by atoms with Crippen molar-refractivity contribution in [3.8, 4) is 11.8 Å². The lowest BCUT2D eigenvalue weighted by atomic mass is 9.82. The summed E-state index contributed by atoms with van der Waals surface area (Å²) in [6.45, 7) is 0.926. The zero-order chi connectivity index (χ0) is 19.6. The number of carbonyl (C=O) groups excluding carboxylic acids is 1. The number of carbonyl (C=O) groups is 1. The smallest absolute Gasteiger partial charge is 0.253 e. The summed E-state index contributed by atoms with van der Waals surface area (Å²) in [5.41, 5.74) is 0.409. The Morgan fingerprint density at radius 1 is 1.39 bits per heavy atom. The van der Waals surface area contributed by atoms with Crippen molar-refractivity contribution in [2.75, 3.05) is 27.3 Å². The summed E-state index contributed by atoms with van der Waals surface area (Å²) >= 11 is 0. The van der Waals surface area contributed by atoms with Crippen LogP contribution in [0.15, 0.2) is 6.07 Å². The van der Waals surface area contributed by atoms with Crippen LogP contribution < -0.4 is 14.8 Å². The van der Waals surface area contributed by atoms with Crippen molar-refractivity contribution in [2.45, 2.75) is 44.2 Å². The van der Waals surface area contributed by atoms with Crippen LogP contribution in [0.2, 0.25) is 0 Å². The molecule has 1 saturated carbocycles. The molecule has 3 rings (SSSR count). The van der Waals surface area contributed by atoms with E-state index in [9.17, 15) is 18.0 Å². The fraction of sp³-hybridized carbons (Fsp3) is 0.667. The first-order valence-electron chi connectivity index (χ1n) is 9.01. The number of halogens is 4. The van der Waals surface area contributed by atoms with Crippen LogP contribution >= 0.6 is 12.4 Å². The van der Waals surface area contributed by atoms with E-state index in [1.54, 1.807) is 7.05 Å². The fourth-order valence-corrected chi connectivity index (χ4v) is 3.48. The van der Waals surface area contributed by atoms with Gasteiger partial charge in [0.15, 0.2) is 5.82 Å². The van der Waals surface area contributed by atoms with Crippen molar-refractivity contribution in [3.63, 3.8) is 0 Å². The highest BCUT2D eigenvalue weighted by Gasteiger charge is 2.45. The van der Waals surface area contributed by atoms with E-state index >= 15 is 0 Å². The molecule has 0 unspecified atom stereocenters. The lowest BCUT2D eigenvalue weighted by Crippen LogP contribution is -2.41. The molecular formula is C18H25ClF3N3O3. The predicted molar refractivity (Wildman–Crippen MR) is 98.7 cm³/mol. The van der Waals surface area contributed by atoms with Crippen molar-refractivity contribution in [3.05, 3.63) is 17.4 Å². The first kappa shape index (κ1) is 22.5. The SMILES string of the molecule is COc1nc(OCC2CC(F)(F)C2)c(F)cc1CN(C)C(=O)[C@@H]1CCCN1.Cl. The van der Waals surface area contributed by atoms with E-state index in [4.69, 9.17) is 9.47 Å². The van der Waals surface area contributed by atoms with Gasteiger partial charge >= 0.3 is 0 Å². The van der Waals surface area contributed by atoms with E-state index in [0.717, 1.165) is 19.4 Å². The Morgan fingerprint density at radius 3 is 2.68 bits per heavy atom. The maximum absolute atomic E-state index is 14.3. The lowest BCUT2D eigenvalue weighted by molar-refractivity contribution is -0.132. The first-order chi connectivity index (χ1) is 12.8. The maximum atomic E-state index is 14.3. The Labute approximate surface area is 168 Å². The van der Waals surface area contributed by atoms with Gasteiger partial charge in [-0.05, 0) is 25.5 Å². The Balaban J connectivity index is 0.00000280. The van der Waals surface area contributed by atoms with Gasteiger partial charge in [0.05, 0.1) is 26.3 Å². The minimum Gasteiger partial charge on any atom is -0.481 e. The quantitative estimate of drug-likeness (QED) is 0.730. The van der Waals surface area contributed by atoms with E-state index in [1.807, 2.05) is 0 Å². The Morgan fingerprint density at radius 2 is 2.11 bits per heavy atom. The summed E-state index contributed by atoms with van der Waals surface area (Å²) < 4.78 is 50.5. The molecule has 1 aliphatic heterocycles. The number of nitrogens with one attached hydrogen (secondary N) is 1. The van der Waals surface area contributed by atoms with Gasteiger partial charge in [-0.1, -0.05) is 0 Å². The van der Waals surface area contributed by atoms with E-state index in [-0.39, 0.29) is 68.0 Å². The number of hydrogen-bond acceptors (Lipinski definition) is 5. The molecule has 28 heavy (non-hydrogen) atoms. The number of ether oxygens (including phenoxy) is 2. The minimum absolute atomic E-state index is 0. The summed E-state index contributed by atoms with van der Waals surface area (Å²) in [4.78, 5) is 17.9. The number of alkyl halides is 2. The molecular weight excluding hydrogens is 399 g/mol. The fourth-order valence-electron chi connectivity index (χ4n) is 3.48. The highest BCUT2D eigenvalue weighted by atomic mass is 35.5. The molecule has 2 fully saturated rings. The van der Waals surface area contributed by atoms with Crippen LogP contribution in [-0.2, 0) is 11.3 Å². The van der Waals surface area contributed by atoms with Crippen LogP contribution in [0.5, 0.6) is 11.8 Å². The third-order valence-corrected chi connectivity index (χ3v) is 4.95. The van der Waals surface area contributed by atoms with Crippen LogP contribution in [0.3, 0.4) is 0 Å². The van der Waals surface area contributed by atoms with Crippen molar-refractivity contribution >= 4 is 18.3 Å². The number of hydrogen-bond donors (Lipinski definition) is 1. The van der Waals surface area contributed by atoms with Gasteiger partial charge in [-0.2, -0.15) is 4.98 Å². The number of nitrogens with zero attached hydrogens (tertiary/aromatic N) is 2. The van der Waals surface area contributed by atoms with E-state index < -0.39 is 11.7 Å². The molecule has 10 heteroatoms. The minimum atomic E-state index is -2.65. The molecule has 158 valence electrons. The zero-order valence-corrected chi connectivity index (χ0v) is 16.7. The molecule has 2 heterocycles.